The molecule has 0 fully saturated rings. The minimum Gasteiger partial charge on any atom is -0.465 e. The number of hydrogen-bond acceptors (Lipinski definition) is 4. The van der Waals surface area contributed by atoms with Crippen molar-refractivity contribution in [3.8, 4) is 0 Å². The number of aromatic amines is 1. The zero-order valence-corrected chi connectivity index (χ0v) is 17.1. The maximum absolute atomic E-state index is 12.8. The molecular weight excluding hydrogens is 366 g/mol. The van der Waals surface area contributed by atoms with Crippen molar-refractivity contribution in [2.75, 3.05) is 27.7 Å². The lowest BCUT2D eigenvalue weighted by Crippen LogP contribution is -2.35. The second-order valence-electron chi connectivity index (χ2n) is 6.53. The summed E-state index contributed by atoms with van der Waals surface area (Å²) in [7, 11) is 5.20. The molecule has 2 aromatic rings. The smallest absolute Gasteiger partial charge is 0.339 e. The molecule has 0 aliphatic carbocycles. The Morgan fingerprint density at radius 3 is 2.52 bits per heavy atom. The molecule has 146 valence electrons. The molecule has 0 aliphatic rings. The van der Waals surface area contributed by atoms with Gasteiger partial charge in [-0.15, -0.1) is 0 Å². The molecule has 0 aliphatic heterocycles. The topological polar surface area (TPSA) is 74.4 Å². The average Bonchev–Trinajstić information content (AvgIpc) is 2.98. The van der Waals surface area contributed by atoms with Crippen LogP contribution in [0, 0.1) is 6.92 Å². The number of hydrogen-bond donors (Lipinski definition) is 2. The van der Waals surface area contributed by atoms with Gasteiger partial charge in [0.25, 0.3) is 5.91 Å². The quantitative estimate of drug-likeness (QED) is 0.710. The normalized spacial score (nSPS) is 12.1. The van der Waals surface area contributed by atoms with Crippen LogP contribution in [-0.4, -0.2) is 49.5 Å². The maximum Gasteiger partial charge on any atom is 0.339 e. The molecular formula is C20H26ClN3O3. The first-order valence-corrected chi connectivity index (χ1v) is 9.18. The Hall–Kier alpha value is -2.31. The summed E-state index contributed by atoms with van der Waals surface area (Å²) in [6.45, 7) is 4.04. The Morgan fingerprint density at radius 1 is 1.30 bits per heavy atom. The Balaban J connectivity index is 2.23. The molecule has 0 spiro atoms. The number of amides is 1. The van der Waals surface area contributed by atoms with Crippen molar-refractivity contribution in [2.45, 2.75) is 26.3 Å². The Bertz CT molecular complexity index is 830. The van der Waals surface area contributed by atoms with Gasteiger partial charge in [0, 0.05) is 17.3 Å². The van der Waals surface area contributed by atoms with Crippen LogP contribution in [0.5, 0.6) is 0 Å². The third-order valence-electron chi connectivity index (χ3n) is 4.64. The summed E-state index contributed by atoms with van der Waals surface area (Å²) in [6, 6.07) is 7.50. The second-order valence-corrected chi connectivity index (χ2v) is 6.94. The standard InChI is InChI=1S/C20H26ClN3O3/c1-6-15-17(20(26)27-5)12(2)18(23-15)19(25)22-11-16(24(3)4)13-9-7-8-10-14(13)21/h7-10,16,23H,6,11H2,1-5H3,(H,22,25). The fourth-order valence-electron chi connectivity index (χ4n) is 3.12. The molecule has 1 aromatic heterocycles. The van der Waals surface area contributed by atoms with E-state index in [0.29, 0.717) is 40.5 Å². The summed E-state index contributed by atoms with van der Waals surface area (Å²) in [6.07, 6.45) is 0.596. The summed E-state index contributed by atoms with van der Waals surface area (Å²) in [5, 5.41) is 3.60. The van der Waals surface area contributed by atoms with Gasteiger partial charge in [0.2, 0.25) is 0 Å². The van der Waals surface area contributed by atoms with Crippen molar-refractivity contribution in [3.05, 3.63) is 57.4 Å². The molecule has 1 heterocycles. The molecule has 7 heteroatoms. The highest BCUT2D eigenvalue weighted by atomic mass is 35.5. The third-order valence-corrected chi connectivity index (χ3v) is 4.99. The summed E-state index contributed by atoms with van der Waals surface area (Å²) >= 11 is 6.32. The first kappa shape index (κ1) is 21.0. The monoisotopic (exact) mass is 391 g/mol. The van der Waals surface area contributed by atoms with E-state index in [2.05, 4.69) is 10.3 Å². The van der Waals surface area contributed by atoms with E-state index >= 15 is 0 Å². The van der Waals surface area contributed by atoms with Crippen molar-refractivity contribution in [2.24, 2.45) is 0 Å². The number of esters is 1. The molecule has 1 amide bonds. The molecule has 0 bridgehead atoms. The van der Waals surface area contributed by atoms with Gasteiger partial charge in [0.1, 0.15) is 5.69 Å². The predicted molar refractivity (Wildman–Crippen MR) is 106 cm³/mol. The van der Waals surface area contributed by atoms with Crippen molar-refractivity contribution < 1.29 is 14.3 Å². The zero-order chi connectivity index (χ0) is 20.1. The van der Waals surface area contributed by atoms with Crippen LogP contribution >= 0.6 is 11.6 Å². The SMILES string of the molecule is CCc1[nH]c(C(=O)NCC(c2ccccc2Cl)N(C)C)c(C)c1C(=O)OC. The number of rotatable bonds is 7. The van der Waals surface area contributed by atoms with Gasteiger partial charge >= 0.3 is 5.97 Å². The number of H-pyrrole nitrogens is 1. The second kappa shape index (κ2) is 9.06. The van der Waals surface area contributed by atoms with Gasteiger partial charge in [-0.1, -0.05) is 36.7 Å². The minimum atomic E-state index is -0.443. The number of carbonyl (C=O) groups is 2. The molecule has 1 aromatic carbocycles. The van der Waals surface area contributed by atoms with Crippen LogP contribution in [0.4, 0.5) is 0 Å². The summed E-state index contributed by atoms with van der Waals surface area (Å²) in [5.41, 5.74) is 3.04. The first-order chi connectivity index (χ1) is 12.8. The number of carbonyl (C=O) groups excluding carboxylic acids is 2. The fraction of sp³-hybridized carbons (Fsp3) is 0.400. The van der Waals surface area contributed by atoms with Crippen LogP contribution in [0.2, 0.25) is 5.02 Å². The number of aryl methyl sites for hydroxylation is 1. The van der Waals surface area contributed by atoms with Crippen molar-refractivity contribution in [1.82, 2.24) is 15.2 Å². The Labute approximate surface area is 164 Å². The number of halogens is 1. The van der Waals surface area contributed by atoms with Gasteiger partial charge in [-0.2, -0.15) is 0 Å². The molecule has 0 saturated carbocycles. The lowest BCUT2D eigenvalue weighted by atomic mass is 10.1. The van der Waals surface area contributed by atoms with Crippen molar-refractivity contribution in [3.63, 3.8) is 0 Å². The van der Waals surface area contributed by atoms with Crippen LogP contribution in [0.25, 0.3) is 0 Å². The van der Waals surface area contributed by atoms with Crippen LogP contribution < -0.4 is 5.32 Å². The number of likely N-dealkylation sites (N-methyl/N-ethyl adjacent to an activating group) is 1. The molecule has 1 unspecified atom stereocenters. The van der Waals surface area contributed by atoms with E-state index in [0.717, 1.165) is 5.56 Å². The van der Waals surface area contributed by atoms with Crippen LogP contribution in [0.15, 0.2) is 24.3 Å². The lowest BCUT2D eigenvalue weighted by molar-refractivity contribution is 0.0599. The van der Waals surface area contributed by atoms with E-state index in [1.807, 2.05) is 50.2 Å². The van der Waals surface area contributed by atoms with Crippen LogP contribution in [-0.2, 0) is 11.2 Å². The molecule has 27 heavy (non-hydrogen) atoms. The van der Waals surface area contributed by atoms with Crippen LogP contribution in [0.3, 0.4) is 0 Å². The lowest BCUT2D eigenvalue weighted by Gasteiger charge is -2.26. The van der Waals surface area contributed by atoms with Gasteiger partial charge in [-0.25, -0.2) is 4.79 Å². The molecule has 1 atom stereocenters. The number of nitrogens with zero attached hydrogens (tertiary/aromatic N) is 1. The van der Waals surface area contributed by atoms with E-state index in [1.165, 1.54) is 7.11 Å². The van der Waals surface area contributed by atoms with Gasteiger partial charge in [-0.3, -0.25) is 4.79 Å². The van der Waals surface area contributed by atoms with E-state index in [1.54, 1.807) is 6.92 Å². The van der Waals surface area contributed by atoms with Crippen molar-refractivity contribution >= 4 is 23.5 Å². The molecule has 2 N–H and O–H groups in total. The van der Waals surface area contributed by atoms with Crippen molar-refractivity contribution in [1.29, 1.82) is 0 Å². The van der Waals surface area contributed by atoms with Gasteiger partial charge in [0.05, 0.1) is 18.7 Å². The van der Waals surface area contributed by atoms with Gasteiger partial charge in [-0.05, 0) is 44.6 Å². The highest BCUT2D eigenvalue weighted by molar-refractivity contribution is 6.31. The summed E-state index contributed by atoms with van der Waals surface area (Å²) < 4.78 is 4.84. The van der Waals surface area contributed by atoms with E-state index < -0.39 is 5.97 Å². The Morgan fingerprint density at radius 2 is 1.96 bits per heavy atom. The first-order valence-electron chi connectivity index (χ1n) is 8.80. The highest BCUT2D eigenvalue weighted by Gasteiger charge is 2.25. The zero-order valence-electron chi connectivity index (χ0n) is 16.4. The predicted octanol–water partition coefficient (Wildman–Crippen LogP) is 3.36. The third kappa shape index (κ3) is 4.51. The largest absolute Gasteiger partial charge is 0.465 e. The van der Waals surface area contributed by atoms with Gasteiger partial charge < -0.3 is 19.9 Å². The minimum absolute atomic E-state index is 0.0800. The van der Waals surface area contributed by atoms with Crippen LogP contribution in [0.1, 0.15) is 50.6 Å². The number of benzene rings is 1. The molecule has 2 rings (SSSR count). The number of methoxy groups -OCH3 is 1. The number of aromatic nitrogens is 1. The Kier molecular flexibility index (Phi) is 7.05. The maximum atomic E-state index is 12.8. The summed E-state index contributed by atoms with van der Waals surface area (Å²) in [5.74, 6) is -0.710. The highest BCUT2D eigenvalue weighted by Crippen LogP contribution is 2.26. The number of nitrogens with one attached hydrogen (secondary N) is 2. The fourth-order valence-corrected chi connectivity index (χ4v) is 3.38. The van der Waals surface area contributed by atoms with E-state index in [-0.39, 0.29) is 11.9 Å². The van der Waals surface area contributed by atoms with E-state index in [9.17, 15) is 9.59 Å². The molecule has 0 radical (unpaired) electrons. The van der Waals surface area contributed by atoms with E-state index in [4.69, 9.17) is 16.3 Å². The summed E-state index contributed by atoms with van der Waals surface area (Å²) in [4.78, 5) is 29.9. The average molecular weight is 392 g/mol. The number of ether oxygens (including phenoxy) is 1. The molecule has 6 nitrogen and oxygen atoms in total. The molecule has 0 saturated heterocycles. The van der Waals surface area contributed by atoms with Gasteiger partial charge in [0.15, 0.2) is 0 Å².